The monoisotopic (exact) mass is 129 g/mol. The van der Waals surface area contributed by atoms with Gasteiger partial charge < -0.3 is 4.74 Å². The van der Waals surface area contributed by atoms with Crippen molar-refractivity contribution in [2.45, 2.75) is 39.2 Å². The van der Waals surface area contributed by atoms with Crippen molar-refractivity contribution in [1.82, 2.24) is 0 Å². The molecule has 0 aliphatic heterocycles. The molecule has 0 fully saturated rings. The highest BCUT2D eigenvalue weighted by atomic mass is 16.5. The van der Waals surface area contributed by atoms with Gasteiger partial charge in [-0.05, 0) is 20.3 Å². The second-order valence-corrected chi connectivity index (χ2v) is 2.70. The van der Waals surface area contributed by atoms with Gasteiger partial charge in [0.2, 0.25) is 0 Å². The van der Waals surface area contributed by atoms with E-state index in [4.69, 9.17) is 0 Å². The molecule has 0 aliphatic carbocycles. The van der Waals surface area contributed by atoms with E-state index < -0.39 is 0 Å². The van der Waals surface area contributed by atoms with Crippen LogP contribution >= 0.6 is 0 Å². The topological polar surface area (TPSA) is 26.3 Å². The van der Waals surface area contributed by atoms with E-state index in [0.29, 0.717) is 0 Å². The molecule has 0 heterocycles. The zero-order chi connectivity index (χ0) is 7.33. The molecule has 0 aliphatic rings. The minimum atomic E-state index is -0.323. The standard InChI is InChI=1S/C7H13O2/c1-4-5-7(2,3)9-6-8/h4-5H2,1-3H3. The van der Waals surface area contributed by atoms with Crippen LogP contribution in [0, 0.1) is 0 Å². The van der Waals surface area contributed by atoms with Crippen LogP contribution < -0.4 is 0 Å². The Bertz CT molecular complexity index is 86.9. The largest absolute Gasteiger partial charge is 0.451 e. The number of carbonyl (C=O) groups excluding carboxylic acids is 1. The SMILES string of the molecule is CCCC(C)(C)O[C]=O. The predicted molar refractivity (Wildman–Crippen MR) is 35.8 cm³/mol. The van der Waals surface area contributed by atoms with Gasteiger partial charge in [0.1, 0.15) is 5.60 Å². The molecule has 0 N–H and O–H groups in total. The van der Waals surface area contributed by atoms with Crippen molar-refractivity contribution in [3.8, 4) is 0 Å². The summed E-state index contributed by atoms with van der Waals surface area (Å²) in [4.78, 5) is 9.75. The van der Waals surface area contributed by atoms with Gasteiger partial charge in [0, 0.05) is 0 Å². The highest BCUT2D eigenvalue weighted by Gasteiger charge is 2.16. The molecule has 0 aromatic heterocycles. The first-order chi connectivity index (χ1) is 4.12. The summed E-state index contributed by atoms with van der Waals surface area (Å²) in [6.07, 6.45) is 1.91. The van der Waals surface area contributed by atoms with Gasteiger partial charge in [-0.2, -0.15) is 0 Å². The van der Waals surface area contributed by atoms with Crippen molar-refractivity contribution < 1.29 is 9.53 Å². The summed E-state index contributed by atoms with van der Waals surface area (Å²) in [5.74, 6) is 0. The lowest BCUT2D eigenvalue weighted by molar-refractivity contribution is 0.0795. The molecule has 0 spiro atoms. The number of ether oxygens (including phenoxy) is 1. The van der Waals surface area contributed by atoms with Crippen molar-refractivity contribution in [3.05, 3.63) is 0 Å². The lowest BCUT2D eigenvalue weighted by Crippen LogP contribution is -2.22. The molecule has 0 saturated heterocycles. The lowest BCUT2D eigenvalue weighted by atomic mass is 10.0. The molecule has 0 amide bonds. The first-order valence-electron chi connectivity index (χ1n) is 3.17. The predicted octanol–water partition coefficient (Wildman–Crippen LogP) is 1.65. The van der Waals surface area contributed by atoms with E-state index in [0.717, 1.165) is 12.8 Å². The average Bonchev–Trinajstić information content (AvgIpc) is 1.64. The van der Waals surface area contributed by atoms with E-state index >= 15 is 0 Å². The third kappa shape index (κ3) is 4.01. The normalized spacial score (nSPS) is 11.0. The van der Waals surface area contributed by atoms with Crippen molar-refractivity contribution in [2.75, 3.05) is 0 Å². The second kappa shape index (κ2) is 3.49. The quantitative estimate of drug-likeness (QED) is 0.577. The minimum absolute atomic E-state index is 0.323. The van der Waals surface area contributed by atoms with Crippen LogP contribution in [0.5, 0.6) is 0 Å². The maximum atomic E-state index is 9.75. The first kappa shape index (κ1) is 8.47. The van der Waals surface area contributed by atoms with Crippen molar-refractivity contribution in [2.24, 2.45) is 0 Å². The van der Waals surface area contributed by atoms with E-state index in [9.17, 15) is 4.79 Å². The zero-order valence-electron chi connectivity index (χ0n) is 6.23. The fraction of sp³-hybridized carbons (Fsp3) is 0.857. The van der Waals surface area contributed by atoms with Gasteiger partial charge in [-0.1, -0.05) is 13.3 Å². The van der Waals surface area contributed by atoms with Gasteiger partial charge in [0.25, 0.3) is 0 Å². The van der Waals surface area contributed by atoms with Gasteiger partial charge in [-0.3, -0.25) is 0 Å². The summed E-state index contributed by atoms with van der Waals surface area (Å²) < 4.78 is 4.66. The van der Waals surface area contributed by atoms with Crippen LogP contribution in [0.2, 0.25) is 0 Å². The molecule has 1 radical (unpaired) electrons. The summed E-state index contributed by atoms with van der Waals surface area (Å²) in [7, 11) is 0. The average molecular weight is 129 g/mol. The molecular formula is C7H13O2. The molecule has 0 atom stereocenters. The smallest absolute Gasteiger partial charge is 0.418 e. The third-order valence-corrected chi connectivity index (χ3v) is 1.17. The third-order valence-electron chi connectivity index (χ3n) is 1.17. The Balaban J connectivity index is 3.55. The first-order valence-corrected chi connectivity index (χ1v) is 3.17. The van der Waals surface area contributed by atoms with E-state index in [2.05, 4.69) is 11.7 Å². The van der Waals surface area contributed by atoms with Crippen molar-refractivity contribution >= 4 is 6.47 Å². The van der Waals surface area contributed by atoms with Crippen LogP contribution in [0.3, 0.4) is 0 Å². The highest BCUT2D eigenvalue weighted by molar-refractivity contribution is 5.39. The number of hydrogen-bond donors (Lipinski definition) is 0. The van der Waals surface area contributed by atoms with Gasteiger partial charge in [0.05, 0.1) is 0 Å². The van der Waals surface area contributed by atoms with Gasteiger partial charge in [-0.25, -0.2) is 4.79 Å². The fourth-order valence-electron chi connectivity index (χ4n) is 0.766. The Labute approximate surface area is 56.2 Å². The lowest BCUT2D eigenvalue weighted by Gasteiger charge is -2.20. The summed E-state index contributed by atoms with van der Waals surface area (Å²) in [6, 6.07) is 0. The summed E-state index contributed by atoms with van der Waals surface area (Å²) in [6.45, 7) is 7.25. The molecule has 9 heavy (non-hydrogen) atoms. The molecule has 0 aromatic carbocycles. The molecule has 0 unspecified atom stereocenters. The van der Waals surface area contributed by atoms with Gasteiger partial charge in [0.15, 0.2) is 0 Å². The molecular weight excluding hydrogens is 116 g/mol. The minimum Gasteiger partial charge on any atom is -0.451 e. The van der Waals surface area contributed by atoms with E-state index in [-0.39, 0.29) is 5.60 Å². The molecule has 0 aromatic rings. The maximum Gasteiger partial charge on any atom is 0.418 e. The molecule has 53 valence electrons. The molecule has 2 nitrogen and oxygen atoms in total. The van der Waals surface area contributed by atoms with Crippen LogP contribution in [0.4, 0.5) is 0 Å². The summed E-state index contributed by atoms with van der Waals surface area (Å²) >= 11 is 0. The van der Waals surface area contributed by atoms with E-state index in [1.54, 1.807) is 0 Å². The Hall–Kier alpha value is -0.530. The van der Waals surface area contributed by atoms with Crippen molar-refractivity contribution in [1.29, 1.82) is 0 Å². The van der Waals surface area contributed by atoms with Crippen molar-refractivity contribution in [3.63, 3.8) is 0 Å². The van der Waals surface area contributed by atoms with Gasteiger partial charge >= 0.3 is 6.47 Å². The zero-order valence-corrected chi connectivity index (χ0v) is 6.23. The second-order valence-electron chi connectivity index (χ2n) is 2.70. The Morgan fingerprint density at radius 1 is 1.56 bits per heavy atom. The highest BCUT2D eigenvalue weighted by Crippen LogP contribution is 2.14. The molecule has 0 saturated carbocycles. The number of rotatable bonds is 4. The van der Waals surface area contributed by atoms with E-state index in [1.807, 2.05) is 13.8 Å². The summed E-state index contributed by atoms with van der Waals surface area (Å²) in [5, 5.41) is 0. The van der Waals surface area contributed by atoms with Crippen LogP contribution in [-0.2, 0) is 9.53 Å². The van der Waals surface area contributed by atoms with Gasteiger partial charge in [-0.15, -0.1) is 0 Å². The maximum absolute atomic E-state index is 9.75. The molecule has 2 heteroatoms. The fourth-order valence-corrected chi connectivity index (χ4v) is 0.766. The Morgan fingerprint density at radius 3 is 2.44 bits per heavy atom. The molecule has 0 rings (SSSR count). The van der Waals surface area contributed by atoms with E-state index in [1.165, 1.54) is 6.47 Å². The van der Waals surface area contributed by atoms with Crippen LogP contribution in [0.15, 0.2) is 0 Å². The Kier molecular flexibility index (Phi) is 3.28. The molecule has 0 bridgehead atoms. The van der Waals surface area contributed by atoms with Crippen LogP contribution in [-0.4, -0.2) is 12.1 Å². The van der Waals surface area contributed by atoms with Crippen LogP contribution in [0.25, 0.3) is 0 Å². The Morgan fingerprint density at radius 2 is 2.11 bits per heavy atom. The summed E-state index contributed by atoms with van der Waals surface area (Å²) in [5.41, 5.74) is -0.323. The van der Waals surface area contributed by atoms with Crippen LogP contribution in [0.1, 0.15) is 33.6 Å². The number of hydrogen-bond acceptors (Lipinski definition) is 2.